The number of unbranched alkanes of at least 4 members (excludes halogenated alkanes) is 36. The molecule has 1 aromatic carbocycles. The summed E-state index contributed by atoms with van der Waals surface area (Å²) in [6.45, 7) is 9.27. The molecular formula is C54H102O. The van der Waals surface area contributed by atoms with E-state index < -0.39 is 0 Å². The van der Waals surface area contributed by atoms with E-state index in [0.717, 1.165) is 6.42 Å². The summed E-state index contributed by atoms with van der Waals surface area (Å²) < 4.78 is 0. The predicted octanol–water partition coefficient (Wildman–Crippen LogP) is 19.2. The summed E-state index contributed by atoms with van der Waals surface area (Å²) in [4.78, 5) is 0. The standard InChI is InChI=1S/C54H102O/c1-5-9-13-17-21-25-29-33-37-41-45-50-49-54(55)53(48-44-40-36-32-28-24-20-16-12-8-4)52(47-43-39-35-31-27-23-19-15-11-7-3)51(50)46-42-38-34-30-26-22-18-14-10-6-2/h49,55H,5-48H2,1-4H3. The van der Waals surface area contributed by atoms with E-state index in [-0.39, 0.29) is 0 Å². The second-order valence-electron chi connectivity index (χ2n) is 18.2. The van der Waals surface area contributed by atoms with Crippen LogP contribution in [0.1, 0.15) is 307 Å². The van der Waals surface area contributed by atoms with Crippen LogP contribution in [0.5, 0.6) is 5.75 Å². The molecule has 1 rings (SSSR count). The van der Waals surface area contributed by atoms with Crippen molar-refractivity contribution in [1.82, 2.24) is 0 Å². The van der Waals surface area contributed by atoms with Gasteiger partial charge in [0.1, 0.15) is 5.75 Å². The molecule has 0 aromatic heterocycles. The SMILES string of the molecule is CCCCCCCCCCCCc1cc(O)c(CCCCCCCCCCCC)c(CCCCCCCCCCCC)c1CCCCCCCCCCCC. The Morgan fingerprint density at radius 3 is 0.764 bits per heavy atom. The summed E-state index contributed by atoms with van der Waals surface area (Å²) in [7, 11) is 0. The third-order valence-corrected chi connectivity index (χ3v) is 12.9. The highest BCUT2D eigenvalue weighted by molar-refractivity contribution is 5.50. The summed E-state index contributed by atoms with van der Waals surface area (Å²) in [6.07, 6.45) is 60.3. The quantitative estimate of drug-likeness (QED) is 0.0656. The minimum atomic E-state index is 0.645. The molecule has 1 nitrogen and oxygen atoms in total. The molecule has 0 fully saturated rings. The zero-order valence-electron chi connectivity index (χ0n) is 38.6. The lowest BCUT2D eigenvalue weighted by Crippen LogP contribution is -2.07. The highest BCUT2D eigenvalue weighted by Crippen LogP contribution is 2.34. The second kappa shape index (κ2) is 41.2. The maximum absolute atomic E-state index is 11.7. The van der Waals surface area contributed by atoms with Gasteiger partial charge in [0.2, 0.25) is 0 Å². The van der Waals surface area contributed by atoms with E-state index in [2.05, 4.69) is 33.8 Å². The molecule has 0 bridgehead atoms. The predicted molar refractivity (Wildman–Crippen MR) is 250 cm³/mol. The molecule has 55 heavy (non-hydrogen) atoms. The van der Waals surface area contributed by atoms with E-state index >= 15 is 0 Å². The van der Waals surface area contributed by atoms with Gasteiger partial charge in [0.05, 0.1) is 0 Å². The van der Waals surface area contributed by atoms with Gasteiger partial charge in [-0.05, 0) is 79.7 Å². The average molecular weight is 767 g/mol. The molecular weight excluding hydrogens is 665 g/mol. The third kappa shape index (κ3) is 30.7. The van der Waals surface area contributed by atoms with Gasteiger partial charge in [-0.25, -0.2) is 0 Å². The van der Waals surface area contributed by atoms with Crippen molar-refractivity contribution in [2.75, 3.05) is 0 Å². The van der Waals surface area contributed by atoms with Gasteiger partial charge in [-0.3, -0.25) is 0 Å². The van der Waals surface area contributed by atoms with Gasteiger partial charge in [-0.15, -0.1) is 0 Å². The van der Waals surface area contributed by atoms with E-state index in [1.54, 1.807) is 11.1 Å². The van der Waals surface area contributed by atoms with Crippen LogP contribution in [0.25, 0.3) is 0 Å². The third-order valence-electron chi connectivity index (χ3n) is 12.9. The Morgan fingerprint density at radius 2 is 0.473 bits per heavy atom. The van der Waals surface area contributed by atoms with Gasteiger partial charge >= 0.3 is 0 Å². The summed E-state index contributed by atoms with van der Waals surface area (Å²) >= 11 is 0. The number of aryl methyl sites for hydroxylation is 1. The maximum atomic E-state index is 11.7. The smallest absolute Gasteiger partial charge is 0.119 e. The first-order valence-corrected chi connectivity index (χ1v) is 26.0. The molecule has 1 N–H and O–H groups in total. The highest BCUT2D eigenvalue weighted by atomic mass is 16.3. The van der Waals surface area contributed by atoms with Crippen molar-refractivity contribution in [3.05, 3.63) is 28.3 Å². The summed E-state index contributed by atoms with van der Waals surface area (Å²) in [5.74, 6) is 0.645. The molecule has 0 aliphatic rings. The molecule has 0 aliphatic carbocycles. The molecule has 0 radical (unpaired) electrons. The van der Waals surface area contributed by atoms with Crippen LogP contribution in [-0.2, 0) is 25.7 Å². The van der Waals surface area contributed by atoms with Crippen LogP contribution in [-0.4, -0.2) is 5.11 Å². The van der Waals surface area contributed by atoms with Crippen LogP contribution in [0.2, 0.25) is 0 Å². The largest absolute Gasteiger partial charge is 0.508 e. The highest BCUT2D eigenvalue weighted by Gasteiger charge is 2.18. The lowest BCUT2D eigenvalue weighted by molar-refractivity contribution is 0.461. The number of benzene rings is 1. The molecule has 0 saturated carbocycles. The molecule has 0 amide bonds. The van der Waals surface area contributed by atoms with Crippen LogP contribution in [0.15, 0.2) is 6.07 Å². The van der Waals surface area contributed by atoms with Crippen molar-refractivity contribution < 1.29 is 5.11 Å². The fraction of sp³-hybridized carbons (Fsp3) is 0.889. The van der Waals surface area contributed by atoms with Crippen LogP contribution >= 0.6 is 0 Å². The number of rotatable bonds is 44. The monoisotopic (exact) mass is 767 g/mol. The van der Waals surface area contributed by atoms with Crippen LogP contribution in [0, 0.1) is 0 Å². The molecule has 0 saturated heterocycles. The lowest BCUT2D eigenvalue weighted by atomic mass is 9.85. The van der Waals surface area contributed by atoms with Crippen molar-refractivity contribution in [3.8, 4) is 5.75 Å². The molecule has 0 heterocycles. The van der Waals surface area contributed by atoms with Gasteiger partial charge < -0.3 is 5.11 Å². The zero-order chi connectivity index (χ0) is 39.7. The Balaban J connectivity index is 2.91. The summed E-state index contributed by atoms with van der Waals surface area (Å²) in [5.41, 5.74) is 6.16. The second-order valence-corrected chi connectivity index (χ2v) is 18.2. The van der Waals surface area contributed by atoms with E-state index in [9.17, 15) is 5.11 Å². The first-order chi connectivity index (χ1) is 27.2. The minimum Gasteiger partial charge on any atom is -0.508 e. The Morgan fingerprint density at radius 1 is 0.255 bits per heavy atom. The average Bonchev–Trinajstić information content (AvgIpc) is 3.19. The molecule has 0 spiro atoms. The minimum absolute atomic E-state index is 0.645. The van der Waals surface area contributed by atoms with Crippen molar-refractivity contribution in [1.29, 1.82) is 0 Å². The topological polar surface area (TPSA) is 20.2 Å². The van der Waals surface area contributed by atoms with Gasteiger partial charge in [0.15, 0.2) is 0 Å². The van der Waals surface area contributed by atoms with Crippen molar-refractivity contribution in [3.63, 3.8) is 0 Å². The Kier molecular flexibility index (Phi) is 39.0. The van der Waals surface area contributed by atoms with Crippen LogP contribution in [0.3, 0.4) is 0 Å². The van der Waals surface area contributed by atoms with Crippen LogP contribution < -0.4 is 0 Å². The van der Waals surface area contributed by atoms with Gasteiger partial charge in [0.25, 0.3) is 0 Å². The van der Waals surface area contributed by atoms with E-state index in [1.165, 1.54) is 287 Å². The normalized spacial score (nSPS) is 11.6. The van der Waals surface area contributed by atoms with Crippen molar-refractivity contribution >= 4 is 0 Å². The number of hydrogen-bond acceptors (Lipinski definition) is 1. The Labute approximate surface area is 348 Å². The fourth-order valence-corrected chi connectivity index (χ4v) is 9.16. The van der Waals surface area contributed by atoms with E-state index in [0.29, 0.717) is 5.75 Å². The first kappa shape index (κ1) is 52.0. The summed E-state index contributed by atoms with van der Waals surface area (Å²) in [6, 6.07) is 2.27. The maximum Gasteiger partial charge on any atom is 0.119 e. The van der Waals surface area contributed by atoms with Crippen LogP contribution in [0.4, 0.5) is 0 Å². The lowest BCUT2D eigenvalue weighted by Gasteiger charge is -2.21. The number of phenols is 1. The molecule has 1 aromatic rings. The molecule has 324 valence electrons. The number of aromatic hydroxyl groups is 1. The van der Waals surface area contributed by atoms with Gasteiger partial charge in [-0.1, -0.05) is 259 Å². The van der Waals surface area contributed by atoms with E-state index in [1.807, 2.05) is 0 Å². The summed E-state index contributed by atoms with van der Waals surface area (Å²) in [5, 5.41) is 11.7. The van der Waals surface area contributed by atoms with Crippen molar-refractivity contribution in [2.45, 2.75) is 310 Å². The Hall–Kier alpha value is -0.980. The molecule has 0 aliphatic heterocycles. The molecule has 0 unspecified atom stereocenters. The van der Waals surface area contributed by atoms with Gasteiger partial charge in [-0.2, -0.15) is 0 Å². The van der Waals surface area contributed by atoms with Crippen molar-refractivity contribution in [2.24, 2.45) is 0 Å². The Bertz CT molecular complexity index is 916. The molecule has 0 atom stereocenters. The van der Waals surface area contributed by atoms with E-state index in [4.69, 9.17) is 0 Å². The molecule has 1 heteroatoms. The zero-order valence-corrected chi connectivity index (χ0v) is 38.6. The fourth-order valence-electron chi connectivity index (χ4n) is 9.16. The van der Waals surface area contributed by atoms with Gasteiger partial charge in [0, 0.05) is 0 Å². The number of phenolic OH excluding ortho intramolecular Hbond substituents is 1. The first-order valence-electron chi connectivity index (χ1n) is 26.0. The number of hydrogen-bond donors (Lipinski definition) is 1.